The Hall–Kier alpha value is -2.60. The van der Waals surface area contributed by atoms with Crippen molar-refractivity contribution in [3.8, 4) is 6.07 Å². The molecule has 0 bridgehead atoms. The van der Waals surface area contributed by atoms with Gasteiger partial charge in [-0.3, -0.25) is 4.79 Å². The highest BCUT2D eigenvalue weighted by Crippen LogP contribution is 2.39. The Balaban J connectivity index is 2.56. The third-order valence-electron chi connectivity index (χ3n) is 4.71. The smallest absolute Gasteiger partial charge is 0.320 e. The van der Waals surface area contributed by atoms with Crippen LogP contribution < -0.4 is 0 Å². The van der Waals surface area contributed by atoms with Gasteiger partial charge in [-0.05, 0) is 37.8 Å². The van der Waals surface area contributed by atoms with Crippen LogP contribution in [0.5, 0.6) is 0 Å². The fourth-order valence-corrected chi connectivity index (χ4v) is 3.24. The molecule has 0 aliphatic heterocycles. The molecule has 0 aliphatic carbocycles. The second-order valence-electron chi connectivity index (χ2n) is 6.49. The number of carbonyl (C=O) groups excluding carboxylic acids is 1. The minimum Gasteiger partial charge on any atom is -0.468 e. The number of esters is 1. The van der Waals surface area contributed by atoms with Crippen LogP contribution in [0, 0.1) is 25.2 Å². The van der Waals surface area contributed by atoms with Crippen LogP contribution in [0.1, 0.15) is 47.9 Å². The summed E-state index contributed by atoms with van der Waals surface area (Å²) in [5, 5.41) is 8.80. The molecule has 0 N–H and O–H groups in total. The molecule has 0 saturated carbocycles. The van der Waals surface area contributed by atoms with Crippen LogP contribution in [0.25, 0.3) is 0 Å². The van der Waals surface area contributed by atoms with Crippen molar-refractivity contribution in [3.63, 3.8) is 0 Å². The summed E-state index contributed by atoms with van der Waals surface area (Å²) in [6.07, 6.45) is 2.67. The third kappa shape index (κ3) is 4.09. The number of nitriles is 1. The van der Waals surface area contributed by atoms with Gasteiger partial charge in [-0.25, -0.2) is 0 Å². The second kappa shape index (κ2) is 8.48. The summed E-state index contributed by atoms with van der Waals surface area (Å²) in [7, 11) is 1.44. The molecule has 2 aromatic rings. The average molecular weight is 335 g/mol. The van der Waals surface area contributed by atoms with Gasteiger partial charge in [0.1, 0.15) is 5.41 Å². The van der Waals surface area contributed by atoms with Gasteiger partial charge in [-0.1, -0.05) is 66.1 Å². The van der Waals surface area contributed by atoms with E-state index in [1.165, 1.54) is 7.11 Å². The topological polar surface area (TPSA) is 50.1 Å². The first-order valence-electron chi connectivity index (χ1n) is 8.64. The summed E-state index contributed by atoms with van der Waals surface area (Å²) in [6.45, 7) is 4.06. The minimum atomic E-state index is -0.842. The van der Waals surface area contributed by atoms with Crippen LogP contribution in [-0.4, -0.2) is 13.1 Å². The molecule has 2 rings (SSSR count). The van der Waals surface area contributed by atoms with Gasteiger partial charge in [0.2, 0.25) is 0 Å². The van der Waals surface area contributed by atoms with Gasteiger partial charge in [0.25, 0.3) is 0 Å². The van der Waals surface area contributed by atoms with Crippen molar-refractivity contribution in [2.24, 2.45) is 0 Å². The number of unbranched alkanes of at least 4 members (excludes halogenated alkanes) is 2. The highest BCUT2D eigenvalue weighted by Gasteiger charge is 2.42. The maximum Gasteiger partial charge on any atom is 0.320 e. The SMILES string of the molecule is COC(=O)C(CCCCC#N)(c1ccc(C)cc1)c1ccc(C)cc1. The number of hydrogen-bond donors (Lipinski definition) is 0. The summed E-state index contributed by atoms with van der Waals surface area (Å²) in [5.74, 6) is -0.253. The fourth-order valence-electron chi connectivity index (χ4n) is 3.24. The number of aryl methyl sites for hydroxylation is 2. The highest BCUT2D eigenvalue weighted by molar-refractivity contribution is 5.87. The van der Waals surface area contributed by atoms with Gasteiger partial charge in [-0.2, -0.15) is 5.26 Å². The largest absolute Gasteiger partial charge is 0.468 e. The molecular formula is C22H25NO2. The zero-order valence-electron chi connectivity index (χ0n) is 15.2. The minimum absolute atomic E-state index is 0.253. The monoisotopic (exact) mass is 335 g/mol. The summed E-state index contributed by atoms with van der Waals surface area (Å²) in [6, 6.07) is 18.3. The Kier molecular flexibility index (Phi) is 6.36. The van der Waals surface area contributed by atoms with Crippen molar-refractivity contribution < 1.29 is 9.53 Å². The number of hydrogen-bond acceptors (Lipinski definition) is 3. The van der Waals surface area contributed by atoms with Gasteiger partial charge >= 0.3 is 5.97 Å². The Labute approximate surface area is 150 Å². The van der Waals surface area contributed by atoms with E-state index in [4.69, 9.17) is 10.00 Å². The van der Waals surface area contributed by atoms with Gasteiger partial charge in [-0.15, -0.1) is 0 Å². The molecule has 25 heavy (non-hydrogen) atoms. The number of nitrogens with zero attached hydrogens (tertiary/aromatic N) is 1. The third-order valence-corrected chi connectivity index (χ3v) is 4.71. The maximum atomic E-state index is 13.0. The van der Waals surface area contributed by atoms with Crippen LogP contribution in [0.15, 0.2) is 48.5 Å². The molecule has 0 aromatic heterocycles. The molecule has 130 valence electrons. The van der Waals surface area contributed by atoms with Crippen molar-refractivity contribution >= 4 is 5.97 Å². The first-order chi connectivity index (χ1) is 12.0. The number of rotatable bonds is 7. The second-order valence-corrected chi connectivity index (χ2v) is 6.49. The Bertz CT molecular complexity index is 694. The highest BCUT2D eigenvalue weighted by atomic mass is 16.5. The van der Waals surface area contributed by atoms with Crippen LogP contribution in [0.4, 0.5) is 0 Å². The predicted molar refractivity (Wildman–Crippen MR) is 99.2 cm³/mol. The van der Waals surface area contributed by atoms with E-state index in [2.05, 4.69) is 6.07 Å². The summed E-state index contributed by atoms with van der Waals surface area (Å²) < 4.78 is 5.24. The number of ether oxygens (including phenoxy) is 1. The predicted octanol–water partition coefficient (Wildman–Crippen LogP) is 4.85. The zero-order valence-corrected chi connectivity index (χ0v) is 15.2. The molecule has 0 aliphatic rings. The molecule has 0 amide bonds. The summed E-state index contributed by atoms with van der Waals surface area (Å²) >= 11 is 0. The number of benzene rings is 2. The fraction of sp³-hybridized carbons (Fsp3) is 0.364. The lowest BCUT2D eigenvalue weighted by atomic mass is 9.70. The van der Waals surface area contributed by atoms with Crippen molar-refractivity contribution in [1.82, 2.24) is 0 Å². The van der Waals surface area contributed by atoms with E-state index in [0.717, 1.165) is 35.1 Å². The zero-order chi connectivity index (χ0) is 18.3. The van der Waals surface area contributed by atoms with Crippen LogP contribution in [-0.2, 0) is 14.9 Å². The summed E-state index contributed by atoms with van der Waals surface area (Å²) in [4.78, 5) is 13.0. The van der Waals surface area contributed by atoms with Gasteiger partial charge in [0.15, 0.2) is 0 Å². The van der Waals surface area contributed by atoms with Crippen molar-refractivity contribution in [3.05, 3.63) is 70.8 Å². The molecule has 3 nitrogen and oxygen atoms in total. The van der Waals surface area contributed by atoms with E-state index in [0.29, 0.717) is 12.8 Å². The summed E-state index contributed by atoms with van der Waals surface area (Å²) in [5.41, 5.74) is 3.33. The molecule has 0 unspecified atom stereocenters. The maximum absolute atomic E-state index is 13.0. The van der Waals surface area contributed by atoms with E-state index in [1.807, 2.05) is 62.4 Å². The average Bonchev–Trinajstić information content (AvgIpc) is 2.63. The van der Waals surface area contributed by atoms with Gasteiger partial charge in [0.05, 0.1) is 13.2 Å². The number of methoxy groups -OCH3 is 1. The number of carbonyl (C=O) groups is 1. The van der Waals surface area contributed by atoms with Gasteiger partial charge < -0.3 is 4.74 Å². The molecule has 0 heterocycles. The molecule has 2 aromatic carbocycles. The normalized spacial score (nSPS) is 11.0. The van der Waals surface area contributed by atoms with Gasteiger partial charge in [0, 0.05) is 6.42 Å². The van der Waals surface area contributed by atoms with Crippen molar-refractivity contribution in [2.75, 3.05) is 7.11 Å². The first-order valence-corrected chi connectivity index (χ1v) is 8.64. The van der Waals surface area contributed by atoms with E-state index >= 15 is 0 Å². The quantitative estimate of drug-likeness (QED) is 0.537. The molecule has 0 atom stereocenters. The van der Waals surface area contributed by atoms with E-state index in [9.17, 15) is 4.79 Å². The molecule has 0 spiro atoms. The van der Waals surface area contributed by atoms with Crippen LogP contribution >= 0.6 is 0 Å². The molecule has 0 fully saturated rings. The first kappa shape index (κ1) is 18.7. The van der Waals surface area contributed by atoms with Crippen LogP contribution in [0.3, 0.4) is 0 Å². The molecular weight excluding hydrogens is 310 g/mol. The van der Waals surface area contributed by atoms with Crippen molar-refractivity contribution in [1.29, 1.82) is 5.26 Å². The van der Waals surface area contributed by atoms with Crippen LogP contribution in [0.2, 0.25) is 0 Å². The van der Waals surface area contributed by atoms with E-state index < -0.39 is 5.41 Å². The molecule has 0 radical (unpaired) electrons. The lowest BCUT2D eigenvalue weighted by molar-refractivity contribution is -0.146. The molecule has 3 heteroatoms. The Morgan fingerprint density at radius 1 is 0.960 bits per heavy atom. The Morgan fingerprint density at radius 2 is 1.44 bits per heavy atom. The standard InChI is InChI=1S/C22H25NO2/c1-17-7-11-19(12-8-17)22(21(24)25-3,15-5-4-6-16-23)20-13-9-18(2)10-14-20/h7-14H,4-6,15H2,1-3H3. The lowest BCUT2D eigenvalue weighted by Crippen LogP contribution is -2.38. The molecule has 0 saturated heterocycles. The van der Waals surface area contributed by atoms with Crippen molar-refractivity contribution in [2.45, 2.75) is 44.9 Å². The Morgan fingerprint density at radius 3 is 1.84 bits per heavy atom. The van der Waals surface area contributed by atoms with E-state index in [1.54, 1.807) is 0 Å². The van der Waals surface area contributed by atoms with E-state index in [-0.39, 0.29) is 5.97 Å². The lowest BCUT2D eigenvalue weighted by Gasteiger charge is -2.32.